The zero-order valence-electron chi connectivity index (χ0n) is 25.3. The van der Waals surface area contributed by atoms with Gasteiger partial charge in [0.2, 0.25) is 0 Å². The monoisotopic (exact) mass is 747 g/mol. The van der Waals surface area contributed by atoms with Crippen molar-refractivity contribution in [3.8, 4) is 11.5 Å². The molecule has 227 valence electrons. The van der Waals surface area contributed by atoms with E-state index in [1.165, 1.54) is 0 Å². The van der Waals surface area contributed by atoms with Crippen LogP contribution in [0.3, 0.4) is 0 Å². The van der Waals surface area contributed by atoms with Gasteiger partial charge in [0.05, 0.1) is 0 Å². The third-order valence-electron chi connectivity index (χ3n) is 7.15. The number of hydrogen-bond donors (Lipinski definition) is 2. The number of phenols is 2. The van der Waals surface area contributed by atoms with Gasteiger partial charge in [0, 0.05) is 60.4 Å². The molecule has 43 heavy (non-hydrogen) atoms. The predicted octanol–water partition coefficient (Wildman–Crippen LogP) is 10.2. The van der Waals surface area contributed by atoms with Gasteiger partial charge in [-0.05, 0) is 46.2 Å². The van der Waals surface area contributed by atoms with Gasteiger partial charge in [-0.15, -0.1) is 0 Å². The molecule has 0 saturated carbocycles. The van der Waals surface area contributed by atoms with Crippen molar-refractivity contribution in [2.75, 3.05) is 0 Å². The van der Waals surface area contributed by atoms with Crippen LogP contribution in [0.2, 0.25) is 0 Å². The number of aliphatic imine (C=N–C) groups is 2. The molecule has 4 aromatic rings. The molecular formula is C36H38Br2CoN2O2. The van der Waals surface area contributed by atoms with Gasteiger partial charge in [-0.25, -0.2) is 0 Å². The summed E-state index contributed by atoms with van der Waals surface area (Å²) in [4.78, 5) is 10.2. The summed E-state index contributed by atoms with van der Waals surface area (Å²) in [5.41, 5.74) is 4.42. The average Bonchev–Trinajstić information content (AvgIpc) is 2.93. The SMILES string of the molecule is CC(C)(C)c1cc(Br)cc(C=N[C@H](c2ccccc2)[C@H](N=Cc2cc(Br)cc(C(C)(C)C)c2O)c2ccccc2)c1O.[Co]. The fourth-order valence-corrected chi connectivity index (χ4v) is 5.85. The molecule has 0 heterocycles. The van der Waals surface area contributed by atoms with Crippen molar-refractivity contribution >= 4 is 44.3 Å². The van der Waals surface area contributed by atoms with E-state index in [9.17, 15) is 10.2 Å². The number of nitrogens with zero attached hydrogens (tertiary/aromatic N) is 2. The predicted molar refractivity (Wildman–Crippen MR) is 183 cm³/mol. The molecule has 0 aliphatic heterocycles. The van der Waals surface area contributed by atoms with Crippen LogP contribution in [-0.4, -0.2) is 22.6 Å². The first-order valence-electron chi connectivity index (χ1n) is 14.0. The molecule has 2 N–H and O–H groups in total. The van der Waals surface area contributed by atoms with Crippen LogP contribution in [-0.2, 0) is 27.6 Å². The smallest absolute Gasteiger partial charge is 0.128 e. The van der Waals surface area contributed by atoms with E-state index in [-0.39, 0.29) is 39.1 Å². The van der Waals surface area contributed by atoms with Crippen molar-refractivity contribution in [1.29, 1.82) is 0 Å². The van der Waals surface area contributed by atoms with Crippen molar-refractivity contribution in [3.63, 3.8) is 0 Å². The molecule has 7 heteroatoms. The molecule has 0 amide bonds. The Bertz CT molecular complexity index is 1470. The Morgan fingerprint density at radius 3 is 1.21 bits per heavy atom. The van der Waals surface area contributed by atoms with Gasteiger partial charge >= 0.3 is 0 Å². The summed E-state index contributed by atoms with van der Waals surface area (Å²) in [5.74, 6) is 0.435. The summed E-state index contributed by atoms with van der Waals surface area (Å²) in [6.07, 6.45) is 3.49. The van der Waals surface area contributed by atoms with Gasteiger partial charge in [-0.2, -0.15) is 0 Å². The maximum atomic E-state index is 11.2. The van der Waals surface area contributed by atoms with Gasteiger partial charge in [0.25, 0.3) is 0 Å². The number of rotatable bonds is 7. The van der Waals surface area contributed by atoms with E-state index in [0.29, 0.717) is 11.1 Å². The molecule has 0 aliphatic carbocycles. The van der Waals surface area contributed by atoms with E-state index in [2.05, 4.69) is 73.4 Å². The molecule has 0 aromatic heterocycles. The Balaban J connectivity index is 0.00000506. The second-order valence-corrected chi connectivity index (χ2v) is 14.4. The molecule has 0 saturated heterocycles. The third-order valence-corrected chi connectivity index (χ3v) is 8.07. The first-order chi connectivity index (χ1) is 19.8. The number of phenolic OH excluding ortho intramolecular Hbond substituents is 2. The van der Waals surface area contributed by atoms with Gasteiger partial charge < -0.3 is 10.2 Å². The topological polar surface area (TPSA) is 65.2 Å². The van der Waals surface area contributed by atoms with Crippen LogP contribution in [0, 0.1) is 0 Å². The molecule has 0 unspecified atom stereocenters. The zero-order chi connectivity index (χ0) is 30.7. The number of hydrogen-bond acceptors (Lipinski definition) is 4. The van der Waals surface area contributed by atoms with Gasteiger partial charge in [0.1, 0.15) is 23.6 Å². The molecule has 0 bridgehead atoms. The van der Waals surface area contributed by atoms with E-state index < -0.39 is 12.1 Å². The second-order valence-electron chi connectivity index (χ2n) is 12.5. The number of halogens is 2. The molecular weight excluding hydrogens is 711 g/mol. The fraction of sp³-hybridized carbons (Fsp3) is 0.278. The maximum absolute atomic E-state index is 11.2. The van der Waals surface area contributed by atoms with Crippen LogP contribution in [0.15, 0.2) is 104 Å². The van der Waals surface area contributed by atoms with E-state index >= 15 is 0 Å². The summed E-state index contributed by atoms with van der Waals surface area (Å²) in [6.45, 7) is 12.4. The van der Waals surface area contributed by atoms with Crippen LogP contribution in [0.25, 0.3) is 0 Å². The minimum Gasteiger partial charge on any atom is -0.507 e. The first-order valence-corrected chi connectivity index (χ1v) is 15.6. The molecule has 4 nitrogen and oxygen atoms in total. The standard InChI is InChI=1S/C36H38Br2N2O2.Co/c1-35(2,3)29-19-27(37)17-25(33(29)41)21-39-31(23-13-9-7-10-14-23)32(24-15-11-8-12-16-24)40-22-26-18-28(38)20-30(34(26)42)36(4,5)6;/h7-22,31-32,41-42H,1-6H3;/t31-,32-;/m1./s1. The van der Waals surface area contributed by atoms with Crippen LogP contribution in [0.5, 0.6) is 11.5 Å². The molecule has 0 spiro atoms. The minimum atomic E-state index is -0.405. The Hall–Kier alpha value is -2.71. The molecule has 0 fully saturated rings. The van der Waals surface area contributed by atoms with E-state index in [1.807, 2.05) is 84.9 Å². The average molecular weight is 749 g/mol. The third kappa shape index (κ3) is 8.69. The molecule has 0 aliphatic rings. The zero-order valence-corrected chi connectivity index (χ0v) is 29.5. The summed E-state index contributed by atoms with van der Waals surface area (Å²) in [6, 6.07) is 27.0. The minimum absolute atomic E-state index is 0. The van der Waals surface area contributed by atoms with Crippen molar-refractivity contribution in [2.45, 2.75) is 64.5 Å². The molecule has 4 rings (SSSR count). The van der Waals surface area contributed by atoms with Crippen LogP contribution >= 0.6 is 31.9 Å². The largest absolute Gasteiger partial charge is 0.507 e. The van der Waals surface area contributed by atoms with Gasteiger partial charge in [-0.3, -0.25) is 9.98 Å². The summed E-state index contributed by atoms with van der Waals surface area (Å²) >= 11 is 7.23. The Morgan fingerprint density at radius 2 is 0.907 bits per heavy atom. The van der Waals surface area contributed by atoms with Crippen molar-refractivity contribution < 1.29 is 27.0 Å². The summed E-state index contributed by atoms with van der Waals surface area (Å²) < 4.78 is 1.75. The van der Waals surface area contributed by atoms with Crippen LogP contribution in [0.1, 0.15) is 87.0 Å². The van der Waals surface area contributed by atoms with E-state index in [1.54, 1.807) is 12.4 Å². The Labute approximate surface area is 282 Å². The fourth-order valence-electron chi connectivity index (χ4n) is 4.90. The summed E-state index contributed by atoms with van der Waals surface area (Å²) in [5, 5.41) is 22.4. The number of aromatic hydroxyl groups is 2. The van der Waals surface area contributed by atoms with E-state index in [4.69, 9.17) is 9.98 Å². The quantitative estimate of drug-likeness (QED) is 0.185. The van der Waals surface area contributed by atoms with Crippen LogP contribution in [0.4, 0.5) is 0 Å². The van der Waals surface area contributed by atoms with Crippen molar-refractivity contribution in [1.82, 2.24) is 0 Å². The Kier molecular flexibility index (Phi) is 11.6. The first kappa shape index (κ1) is 34.8. The Morgan fingerprint density at radius 1 is 0.581 bits per heavy atom. The van der Waals surface area contributed by atoms with Crippen molar-refractivity contribution in [3.05, 3.63) is 127 Å². The molecule has 4 aromatic carbocycles. The second kappa shape index (κ2) is 14.4. The molecule has 1 radical (unpaired) electrons. The van der Waals surface area contributed by atoms with Crippen molar-refractivity contribution in [2.24, 2.45) is 9.98 Å². The maximum Gasteiger partial charge on any atom is 0.128 e. The molecule has 2 atom stereocenters. The van der Waals surface area contributed by atoms with Crippen LogP contribution < -0.4 is 0 Å². The van der Waals surface area contributed by atoms with Gasteiger partial charge in [0.15, 0.2) is 0 Å². The summed E-state index contributed by atoms with van der Waals surface area (Å²) in [7, 11) is 0. The number of benzene rings is 4. The van der Waals surface area contributed by atoms with Gasteiger partial charge in [-0.1, -0.05) is 134 Å². The van der Waals surface area contributed by atoms with E-state index in [0.717, 1.165) is 31.2 Å². The normalized spacial score (nSPS) is 13.7.